The number of piperazine rings is 1. The molecular weight excluding hydrogens is 328 g/mol. The molecule has 7 heteroatoms. The van der Waals surface area contributed by atoms with Crippen LogP contribution in [-0.4, -0.2) is 79.0 Å². The average molecular weight is 351 g/mol. The predicted octanol–water partition coefficient (Wildman–Crippen LogP) is 1.75. The molecule has 0 aliphatic carbocycles. The van der Waals surface area contributed by atoms with Gasteiger partial charge in [-0.2, -0.15) is 0 Å². The monoisotopic (exact) mass is 350 g/mol. The van der Waals surface area contributed by atoms with Gasteiger partial charge in [0.1, 0.15) is 6.54 Å². The number of rotatable bonds is 4. The van der Waals surface area contributed by atoms with Crippen LogP contribution in [0.15, 0.2) is 24.3 Å². The van der Waals surface area contributed by atoms with Gasteiger partial charge in [-0.1, -0.05) is 18.5 Å². The molecule has 3 amide bonds. The number of hydrogen-bond acceptors (Lipinski definition) is 3. The van der Waals surface area contributed by atoms with Crippen LogP contribution in [0.2, 0.25) is 5.02 Å². The Morgan fingerprint density at radius 3 is 2.33 bits per heavy atom. The fourth-order valence-electron chi connectivity index (χ4n) is 3.17. The number of halogens is 1. The summed E-state index contributed by atoms with van der Waals surface area (Å²) in [6, 6.07) is 7.08. The second kappa shape index (κ2) is 7.40. The standard InChI is InChI=1S/C17H23ClN4O2/c1-2-19-7-9-20(10-8-19)16(23)13-21-11-12-22(17(21)24)15-5-3-14(18)4-6-15/h3-6H,2,7-13H2,1H3. The SMILES string of the molecule is CCN1CCN(C(=O)CN2CCN(c3ccc(Cl)cc3)C2=O)CC1. The van der Waals surface area contributed by atoms with Gasteiger partial charge in [-0.3, -0.25) is 9.69 Å². The van der Waals surface area contributed by atoms with Gasteiger partial charge in [0, 0.05) is 50.0 Å². The number of benzene rings is 1. The largest absolute Gasteiger partial charge is 0.339 e. The van der Waals surface area contributed by atoms with E-state index in [0.29, 0.717) is 18.1 Å². The van der Waals surface area contributed by atoms with Gasteiger partial charge in [-0.05, 0) is 30.8 Å². The number of anilines is 1. The normalized spacial score (nSPS) is 19.2. The van der Waals surface area contributed by atoms with E-state index in [1.807, 2.05) is 17.0 Å². The Labute approximate surface area is 147 Å². The first-order chi connectivity index (χ1) is 11.6. The summed E-state index contributed by atoms with van der Waals surface area (Å²) >= 11 is 5.89. The lowest BCUT2D eigenvalue weighted by molar-refractivity contribution is -0.133. The molecule has 2 saturated heterocycles. The van der Waals surface area contributed by atoms with Crippen molar-refractivity contribution in [3.8, 4) is 0 Å². The highest BCUT2D eigenvalue weighted by molar-refractivity contribution is 6.30. The maximum Gasteiger partial charge on any atom is 0.325 e. The molecule has 0 spiro atoms. The first-order valence-electron chi connectivity index (χ1n) is 8.40. The highest BCUT2D eigenvalue weighted by Gasteiger charge is 2.32. The molecule has 2 fully saturated rings. The molecule has 1 aromatic rings. The number of carbonyl (C=O) groups excluding carboxylic acids is 2. The Kier molecular flexibility index (Phi) is 5.26. The van der Waals surface area contributed by atoms with E-state index in [4.69, 9.17) is 11.6 Å². The molecule has 2 heterocycles. The molecule has 0 unspecified atom stereocenters. The quantitative estimate of drug-likeness (QED) is 0.831. The van der Waals surface area contributed by atoms with Gasteiger partial charge in [0.05, 0.1) is 0 Å². The minimum atomic E-state index is -0.113. The van der Waals surface area contributed by atoms with Gasteiger partial charge in [-0.15, -0.1) is 0 Å². The smallest absolute Gasteiger partial charge is 0.325 e. The third kappa shape index (κ3) is 3.65. The zero-order chi connectivity index (χ0) is 17.1. The van der Waals surface area contributed by atoms with Crippen molar-refractivity contribution in [3.63, 3.8) is 0 Å². The van der Waals surface area contributed by atoms with Crippen LogP contribution >= 0.6 is 11.6 Å². The lowest BCUT2D eigenvalue weighted by atomic mass is 10.3. The number of amides is 3. The van der Waals surface area contributed by atoms with Crippen LogP contribution in [0.5, 0.6) is 0 Å². The molecule has 1 aromatic carbocycles. The zero-order valence-corrected chi connectivity index (χ0v) is 14.7. The van der Waals surface area contributed by atoms with E-state index in [-0.39, 0.29) is 18.5 Å². The van der Waals surface area contributed by atoms with Crippen LogP contribution in [0.1, 0.15) is 6.92 Å². The molecule has 0 bridgehead atoms. The van der Waals surface area contributed by atoms with Crippen LogP contribution < -0.4 is 4.90 Å². The Balaban J connectivity index is 1.56. The van der Waals surface area contributed by atoms with Crippen molar-refractivity contribution in [2.75, 3.05) is 57.3 Å². The molecule has 0 atom stereocenters. The van der Waals surface area contributed by atoms with Gasteiger partial charge in [0.2, 0.25) is 5.91 Å². The zero-order valence-electron chi connectivity index (χ0n) is 13.9. The Morgan fingerprint density at radius 2 is 1.71 bits per heavy atom. The van der Waals surface area contributed by atoms with Crippen molar-refractivity contribution in [3.05, 3.63) is 29.3 Å². The molecule has 0 radical (unpaired) electrons. The topological polar surface area (TPSA) is 47.1 Å². The molecule has 2 aliphatic rings. The summed E-state index contributed by atoms with van der Waals surface area (Å²) in [5, 5.41) is 0.642. The lowest BCUT2D eigenvalue weighted by Gasteiger charge is -2.34. The minimum Gasteiger partial charge on any atom is -0.339 e. The van der Waals surface area contributed by atoms with E-state index in [2.05, 4.69) is 11.8 Å². The number of likely N-dealkylation sites (N-methyl/N-ethyl adjacent to an activating group) is 1. The van der Waals surface area contributed by atoms with Crippen molar-refractivity contribution >= 4 is 29.2 Å². The molecule has 24 heavy (non-hydrogen) atoms. The molecule has 0 aromatic heterocycles. The molecule has 2 aliphatic heterocycles. The summed E-state index contributed by atoms with van der Waals surface area (Å²) in [5.41, 5.74) is 0.816. The summed E-state index contributed by atoms with van der Waals surface area (Å²) in [5.74, 6) is 0.0389. The summed E-state index contributed by atoms with van der Waals surface area (Å²) in [7, 11) is 0. The van der Waals surface area contributed by atoms with Crippen molar-refractivity contribution in [1.29, 1.82) is 0 Å². The Bertz CT molecular complexity index is 599. The van der Waals surface area contributed by atoms with Crippen LogP contribution in [-0.2, 0) is 4.79 Å². The number of urea groups is 1. The van der Waals surface area contributed by atoms with Gasteiger partial charge in [-0.25, -0.2) is 4.79 Å². The second-order valence-corrected chi connectivity index (χ2v) is 6.58. The second-order valence-electron chi connectivity index (χ2n) is 6.15. The van der Waals surface area contributed by atoms with Gasteiger partial charge < -0.3 is 14.7 Å². The van der Waals surface area contributed by atoms with Gasteiger partial charge >= 0.3 is 6.03 Å². The van der Waals surface area contributed by atoms with E-state index in [1.54, 1.807) is 21.9 Å². The van der Waals surface area contributed by atoms with Crippen molar-refractivity contribution in [2.45, 2.75) is 6.92 Å². The van der Waals surface area contributed by atoms with Crippen LogP contribution in [0, 0.1) is 0 Å². The first kappa shape index (κ1) is 17.0. The fourth-order valence-corrected chi connectivity index (χ4v) is 3.29. The first-order valence-corrected chi connectivity index (χ1v) is 8.78. The van der Waals surface area contributed by atoms with Crippen molar-refractivity contribution in [2.24, 2.45) is 0 Å². The third-order valence-electron chi connectivity index (χ3n) is 4.73. The molecule has 130 valence electrons. The Morgan fingerprint density at radius 1 is 1.04 bits per heavy atom. The van der Waals surface area contributed by atoms with Crippen LogP contribution in [0.3, 0.4) is 0 Å². The number of carbonyl (C=O) groups is 2. The van der Waals surface area contributed by atoms with Crippen molar-refractivity contribution in [1.82, 2.24) is 14.7 Å². The lowest BCUT2D eigenvalue weighted by Crippen LogP contribution is -2.51. The molecule has 0 N–H and O–H groups in total. The van der Waals surface area contributed by atoms with E-state index < -0.39 is 0 Å². The highest BCUT2D eigenvalue weighted by Crippen LogP contribution is 2.22. The summed E-state index contributed by atoms with van der Waals surface area (Å²) < 4.78 is 0. The van der Waals surface area contributed by atoms with Crippen LogP contribution in [0.25, 0.3) is 0 Å². The summed E-state index contributed by atoms with van der Waals surface area (Å²) in [4.78, 5) is 32.5. The molecule has 6 nitrogen and oxygen atoms in total. The van der Waals surface area contributed by atoms with E-state index in [9.17, 15) is 9.59 Å². The summed E-state index contributed by atoms with van der Waals surface area (Å²) in [6.45, 7) is 7.79. The van der Waals surface area contributed by atoms with E-state index in [1.165, 1.54) is 0 Å². The maximum atomic E-state index is 12.5. The third-order valence-corrected chi connectivity index (χ3v) is 4.98. The average Bonchev–Trinajstić information content (AvgIpc) is 2.96. The van der Waals surface area contributed by atoms with Crippen molar-refractivity contribution < 1.29 is 9.59 Å². The fraction of sp³-hybridized carbons (Fsp3) is 0.529. The van der Waals surface area contributed by atoms with Gasteiger partial charge in [0.25, 0.3) is 0 Å². The van der Waals surface area contributed by atoms with Gasteiger partial charge in [0.15, 0.2) is 0 Å². The predicted molar refractivity (Wildman–Crippen MR) is 94.5 cm³/mol. The Hall–Kier alpha value is -1.79. The summed E-state index contributed by atoms with van der Waals surface area (Å²) in [6.07, 6.45) is 0. The maximum absolute atomic E-state index is 12.5. The minimum absolute atomic E-state index is 0.0389. The highest BCUT2D eigenvalue weighted by atomic mass is 35.5. The van der Waals surface area contributed by atoms with E-state index in [0.717, 1.165) is 38.4 Å². The molecule has 3 rings (SSSR count). The number of hydrogen-bond donors (Lipinski definition) is 0. The molecular formula is C17H23ClN4O2. The van der Waals surface area contributed by atoms with Crippen LogP contribution in [0.4, 0.5) is 10.5 Å². The van der Waals surface area contributed by atoms with E-state index >= 15 is 0 Å². The molecule has 0 saturated carbocycles. The number of nitrogens with zero attached hydrogens (tertiary/aromatic N) is 4.